The van der Waals surface area contributed by atoms with Crippen molar-refractivity contribution in [3.05, 3.63) is 59.4 Å². The van der Waals surface area contributed by atoms with Crippen LogP contribution in [0.25, 0.3) is 6.08 Å². The maximum absolute atomic E-state index is 12.6. The normalized spacial score (nSPS) is 14.0. The van der Waals surface area contributed by atoms with E-state index in [4.69, 9.17) is 14.2 Å². The third-order valence-corrected chi connectivity index (χ3v) is 3.72. The molecular formula is C20H19NO5. The summed E-state index contributed by atoms with van der Waals surface area (Å²) in [6, 6.07) is 12.1. The molecule has 0 radical (unpaired) electrons. The first-order chi connectivity index (χ1) is 12.5. The van der Waals surface area contributed by atoms with Gasteiger partial charge in [0.1, 0.15) is 17.2 Å². The van der Waals surface area contributed by atoms with Crippen molar-refractivity contribution < 1.29 is 23.8 Å². The van der Waals surface area contributed by atoms with Crippen LogP contribution in [-0.4, -0.2) is 37.5 Å². The van der Waals surface area contributed by atoms with Crippen molar-refractivity contribution in [2.75, 3.05) is 20.7 Å². The highest BCUT2D eigenvalue weighted by molar-refractivity contribution is 6.14. The van der Waals surface area contributed by atoms with Crippen LogP contribution >= 0.6 is 0 Å². The number of carbonyl (C=O) groups is 2. The van der Waals surface area contributed by atoms with Crippen molar-refractivity contribution in [3.63, 3.8) is 0 Å². The smallest absolute Gasteiger partial charge is 0.414 e. The molecule has 0 fully saturated rings. The molecule has 134 valence electrons. The molecule has 26 heavy (non-hydrogen) atoms. The molecule has 0 bridgehead atoms. The van der Waals surface area contributed by atoms with Gasteiger partial charge in [0.25, 0.3) is 0 Å². The number of carbonyl (C=O) groups excluding carboxylic acids is 2. The van der Waals surface area contributed by atoms with Crippen molar-refractivity contribution >= 4 is 18.0 Å². The fourth-order valence-electron chi connectivity index (χ4n) is 2.44. The minimum atomic E-state index is -0.501. The number of Topliss-reactive ketones (excluding diaryl/α,β-unsaturated/α-hetero) is 1. The number of para-hydroxylation sites is 1. The summed E-state index contributed by atoms with van der Waals surface area (Å²) in [5.74, 6) is 1.38. The quantitative estimate of drug-likeness (QED) is 0.783. The van der Waals surface area contributed by atoms with Gasteiger partial charge in [0, 0.05) is 25.7 Å². The number of rotatable bonds is 4. The number of amides is 1. The van der Waals surface area contributed by atoms with Crippen LogP contribution in [0, 0.1) is 0 Å². The Balaban J connectivity index is 1.90. The molecule has 0 aliphatic carbocycles. The molecule has 2 aromatic rings. The maximum Gasteiger partial charge on any atom is 0.414 e. The van der Waals surface area contributed by atoms with Gasteiger partial charge in [-0.25, -0.2) is 4.79 Å². The van der Waals surface area contributed by atoms with Crippen LogP contribution in [0.3, 0.4) is 0 Å². The van der Waals surface area contributed by atoms with Crippen LogP contribution in [0.5, 0.6) is 17.2 Å². The number of ketones is 1. The second-order valence-electron chi connectivity index (χ2n) is 5.83. The van der Waals surface area contributed by atoms with Gasteiger partial charge in [0.05, 0.1) is 12.2 Å². The molecule has 0 aromatic heterocycles. The molecule has 1 aliphatic rings. The lowest BCUT2D eigenvalue weighted by molar-refractivity contribution is 0.101. The summed E-state index contributed by atoms with van der Waals surface area (Å²) in [4.78, 5) is 25.7. The summed E-state index contributed by atoms with van der Waals surface area (Å²) in [6.45, 7) is 2.41. The molecule has 0 saturated carbocycles. The summed E-state index contributed by atoms with van der Waals surface area (Å²) in [7, 11) is 3.19. The molecule has 2 aromatic carbocycles. The summed E-state index contributed by atoms with van der Waals surface area (Å²) in [6.07, 6.45) is 1.07. The molecule has 0 N–H and O–H groups in total. The third kappa shape index (κ3) is 3.54. The van der Waals surface area contributed by atoms with Gasteiger partial charge in [-0.1, -0.05) is 18.2 Å². The van der Waals surface area contributed by atoms with E-state index in [2.05, 4.69) is 0 Å². The minimum absolute atomic E-state index is 0.169. The molecule has 0 unspecified atom stereocenters. The lowest BCUT2D eigenvalue weighted by Gasteiger charge is -2.12. The number of ether oxygens (including phenoxy) is 3. The van der Waals surface area contributed by atoms with E-state index in [-0.39, 0.29) is 11.5 Å². The molecule has 0 atom stereocenters. The van der Waals surface area contributed by atoms with E-state index in [1.54, 1.807) is 62.6 Å². The SMILES string of the molecule is CCOc1ccc2c(c1)O/C(=C\c1ccccc1OC(=O)N(C)C)C2=O. The monoisotopic (exact) mass is 353 g/mol. The van der Waals surface area contributed by atoms with Crippen LogP contribution in [0.15, 0.2) is 48.2 Å². The fourth-order valence-corrected chi connectivity index (χ4v) is 2.44. The van der Waals surface area contributed by atoms with E-state index in [1.807, 2.05) is 6.92 Å². The van der Waals surface area contributed by atoms with Crippen LogP contribution in [0.2, 0.25) is 0 Å². The lowest BCUT2D eigenvalue weighted by atomic mass is 10.1. The Kier molecular flexibility index (Phi) is 4.93. The Morgan fingerprint density at radius 2 is 1.96 bits per heavy atom. The highest BCUT2D eigenvalue weighted by Crippen LogP contribution is 2.35. The summed E-state index contributed by atoms with van der Waals surface area (Å²) in [5, 5.41) is 0. The Hall–Kier alpha value is -3.28. The van der Waals surface area contributed by atoms with Crippen molar-refractivity contribution in [2.24, 2.45) is 0 Å². The lowest BCUT2D eigenvalue weighted by Crippen LogP contribution is -2.25. The van der Waals surface area contributed by atoms with Crippen molar-refractivity contribution in [1.82, 2.24) is 4.90 Å². The molecular weight excluding hydrogens is 334 g/mol. The molecule has 1 heterocycles. The predicted octanol–water partition coefficient (Wildman–Crippen LogP) is 3.76. The number of fused-ring (bicyclic) bond motifs is 1. The maximum atomic E-state index is 12.6. The zero-order valence-corrected chi connectivity index (χ0v) is 14.8. The highest BCUT2D eigenvalue weighted by atomic mass is 16.6. The molecule has 3 rings (SSSR count). The van der Waals surface area contributed by atoms with Gasteiger partial charge in [-0.2, -0.15) is 0 Å². The Labute approximate surface area is 151 Å². The van der Waals surface area contributed by atoms with E-state index in [0.717, 1.165) is 0 Å². The van der Waals surface area contributed by atoms with Crippen molar-refractivity contribution in [3.8, 4) is 17.2 Å². The average Bonchev–Trinajstić information content (AvgIpc) is 2.92. The van der Waals surface area contributed by atoms with Crippen LogP contribution in [0.4, 0.5) is 4.79 Å². The third-order valence-electron chi connectivity index (χ3n) is 3.72. The standard InChI is InChI=1S/C20H19NO5/c1-4-24-14-9-10-15-17(12-14)25-18(19(15)22)11-13-7-5-6-8-16(13)26-20(23)21(2)3/h5-12H,4H2,1-3H3/b18-11-. The number of hydrogen-bond donors (Lipinski definition) is 0. The van der Waals surface area contributed by atoms with E-state index < -0.39 is 6.09 Å². The summed E-state index contributed by atoms with van der Waals surface area (Å²) in [5.41, 5.74) is 1.05. The fraction of sp³-hybridized carbons (Fsp3) is 0.200. The molecule has 0 spiro atoms. The second kappa shape index (κ2) is 7.31. The minimum Gasteiger partial charge on any atom is -0.494 e. The van der Waals surface area contributed by atoms with Gasteiger partial charge in [0.15, 0.2) is 5.76 Å². The van der Waals surface area contributed by atoms with Crippen LogP contribution in [0.1, 0.15) is 22.8 Å². The Morgan fingerprint density at radius 3 is 2.69 bits per heavy atom. The van der Waals surface area contributed by atoms with Gasteiger partial charge in [-0.05, 0) is 31.2 Å². The van der Waals surface area contributed by atoms with Gasteiger partial charge in [-0.15, -0.1) is 0 Å². The molecule has 0 saturated heterocycles. The van der Waals surface area contributed by atoms with E-state index in [0.29, 0.717) is 35.0 Å². The first kappa shape index (κ1) is 17.5. The van der Waals surface area contributed by atoms with E-state index in [1.165, 1.54) is 4.90 Å². The Bertz CT molecular complexity index is 886. The molecule has 1 aliphatic heterocycles. The van der Waals surface area contributed by atoms with Crippen LogP contribution < -0.4 is 14.2 Å². The van der Waals surface area contributed by atoms with Crippen molar-refractivity contribution in [2.45, 2.75) is 6.92 Å². The average molecular weight is 353 g/mol. The zero-order valence-electron chi connectivity index (χ0n) is 14.8. The number of benzene rings is 2. The van der Waals surface area contributed by atoms with E-state index >= 15 is 0 Å². The molecule has 6 nitrogen and oxygen atoms in total. The number of nitrogens with zero attached hydrogens (tertiary/aromatic N) is 1. The summed E-state index contributed by atoms with van der Waals surface area (Å²) >= 11 is 0. The van der Waals surface area contributed by atoms with Gasteiger partial charge < -0.3 is 19.1 Å². The predicted molar refractivity (Wildman–Crippen MR) is 96.7 cm³/mol. The van der Waals surface area contributed by atoms with Gasteiger partial charge in [0.2, 0.25) is 5.78 Å². The highest BCUT2D eigenvalue weighted by Gasteiger charge is 2.28. The first-order valence-electron chi connectivity index (χ1n) is 8.19. The van der Waals surface area contributed by atoms with Gasteiger partial charge >= 0.3 is 6.09 Å². The number of hydrogen-bond acceptors (Lipinski definition) is 5. The number of allylic oxidation sites excluding steroid dienone is 1. The Morgan fingerprint density at radius 1 is 1.19 bits per heavy atom. The first-order valence-corrected chi connectivity index (χ1v) is 8.19. The second-order valence-corrected chi connectivity index (χ2v) is 5.83. The van der Waals surface area contributed by atoms with Crippen molar-refractivity contribution in [1.29, 1.82) is 0 Å². The zero-order chi connectivity index (χ0) is 18.7. The van der Waals surface area contributed by atoms with E-state index in [9.17, 15) is 9.59 Å². The largest absolute Gasteiger partial charge is 0.494 e. The van der Waals surface area contributed by atoms with Gasteiger partial charge in [-0.3, -0.25) is 4.79 Å². The topological polar surface area (TPSA) is 65.1 Å². The molecule has 1 amide bonds. The summed E-state index contributed by atoms with van der Waals surface area (Å²) < 4.78 is 16.5. The van der Waals surface area contributed by atoms with Crippen LogP contribution in [-0.2, 0) is 0 Å². The molecule has 6 heteroatoms.